The van der Waals surface area contributed by atoms with E-state index >= 15 is 0 Å². The Balaban J connectivity index is 1.59. The van der Waals surface area contributed by atoms with Crippen molar-refractivity contribution in [1.29, 1.82) is 0 Å². The van der Waals surface area contributed by atoms with E-state index in [9.17, 15) is 9.90 Å². The van der Waals surface area contributed by atoms with Gasteiger partial charge in [0.2, 0.25) is 0 Å². The van der Waals surface area contributed by atoms with Crippen molar-refractivity contribution in [1.82, 2.24) is 0 Å². The van der Waals surface area contributed by atoms with Crippen molar-refractivity contribution >= 4 is 28.4 Å². The molecule has 2 nitrogen and oxygen atoms in total. The number of halogens is 1. The average Bonchev–Trinajstić information content (AvgIpc) is 2.84. The first-order chi connectivity index (χ1) is 10.2. The van der Waals surface area contributed by atoms with Crippen molar-refractivity contribution in [2.45, 2.75) is 63.9 Å². The van der Waals surface area contributed by atoms with Gasteiger partial charge in [-0.05, 0) is 74.5 Å². The number of aliphatic hydroxyl groups is 1. The molecule has 3 heteroatoms. The van der Waals surface area contributed by atoms with Crippen LogP contribution in [0.1, 0.15) is 57.8 Å². The van der Waals surface area contributed by atoms with Gasteiger partial charge in [0.1, 0.15) is 5.78 Å². The summed E-state index contributed by atoms with van der Waals surface area (Å²) in [7, 11) is 0. The molecule has 0 aliphatic heterocycles. The summed E-state index contributed by atoms with van der Waals surface area (Å²) < 4.78 is 1.13. The Labute approximate surface area is 141 Å². The minimum Gasteiger partial charge on any atom is -0.393 e. The molecule has 4 rings (SSSR count). The normalized spacial score (nSPS) is 53.0. The number of hydrogen-bond donors (Lipinski definition) is 1. The summed E-state index contributed by atoms with van der Waals surface area (Å²) in [4.78, 5) is 11.8. The molecule has 0 amide bonds. The fraction of sp³-hybridized carbons (Fsp3) is 0.944. The van der Waals surface area contributed by atoms with Crippen molar-refractivity contribution in [3.05, 3.63) is 0 Å². The van der Waals surface area contributed by atoms with Crippen LogP contribution < -0.4 is 0 Å². The van der Waals surface area contributed by atoms with Gasteiger partial charge in [-0.1, -0.05) is 22.6 Å². The fourth-order valence-electron chi connectivity index (χ4n) is 6.70. The van der Waals surface area contributed by atoms with Gasteiger partial charge in [0.15, 0.2) is 0 Å². The summed E-state index contributed by atoms with van der Waals surface area (Å²) in [6.07, 6.45) is 10.3. The maximum Gasteiger partial charge on any atom is 0.133 e. The maximum atomic E-state index is 11.8. The van der Waals surface area contributed by atoms with Gasteiger partial charge in [0, 0.05) is 22.7 Å². The third-order valence-electron chi connectivity index (χ3n) is 7.68. The van der Waals surface area contributed by atoms with Crippen LogP contribution in [0.4, 0.5) is 0 Å². The van der Waals surface area contributed by atoms with Gasteiger partial charge in [-0.15, -0.1) is 0 Å². The van der Waals surface area contributed by atoms with Crippen molar-refractivity contribution in [3.8, 4) is 0 Å². The van der Waals surface area contributed by atoms with E-state index in [4.69, 9.17) is 0 Å². The van der Waals surface area contributed by atoms with E-state index in [0.717, 1.165) is 53.8 Å². The summed E-state index contributed by atoms with van der Waals surface area (Å²) >= 11 is 2.53. The van der Waals surface area contributed by atoms with Gasteiger partial charge in [0.25, 0.3) is 0 Å². The molecule has 0 heterocycles. The molecule has 21 heavy (non-hydrogen) atoms. The third-order valence-corrected chi connectivity index (χ3v) is 9.10. The minimum atomic E-state index is -0.0500. The molecule has 0 bridgehead atoms. The van der Waals surface area contributed by atoms with E-state index in [0.29, 0.717) is 11.7 Å². The molecule has 4 unspecified atom stereocenters. The molecule has 7 atom stereocenters. The smallest absolute Gasteiger partial charge is 0.133 e. The van der Waals surface area contributed by atoms with Gasteiger partial charge >= 0.3 is 0 Å². The van der Waals surface area contributed by atoms with Gasteiger partial charge in [-0.3, -0.25) is 4.79 Å². The number of Topliss-reactive ketones (excluding diaryl/α,β-unsaturated/α-hetero) is 1. The number of hydrogen-bond acceptors (Lipinski definition) is 2. The van der Waals surface area contributed by atoms with E-state index in [1.54, 1.807) is 0 Å². The molecule has 118 valence electrons. The lowest BCUT2D eigenvalue weighted by atomic mass is 9.50. The molecule has 4 aliphatic carbocycles. The van der Waals surface area contributed by atoms with Crippen LogP contribution in [-0.4, -0.2) is 21.4 Å². The summed E-state index contributed by atoms with van der Waals surface area (Å²) in [5.41, 5.74) is 0.235. The lowest BCUT2D eigenvalue weighted by molar-refractivity contribution is -0.128. The number of carbonyl (C=O) groups excluding carboxylic acids is 1. The quantitative estimate of drug-likeness (QED) is 0.532. The SMILES string of the molecule is O=C1CCC2C3CC[C@@]4(CI)C(CC[C@@H]4O)C3CC[C@H]2C1. The molecule has 1 N–H and O–H groups in total. The molecule has 0 spiro atoms. The largest absolute Gasteiger partial charge is 0.393 e. The van der Waals surface area contributed by atoms with Gasteiger partial charge in [-0.25, -0.2) is 0 Å². The highest BCUT2D eigenvalue weighted by Gasteiger charge is 2.58. The molecule has 0 aromatic rings. The predicted molar refractivity (Wildman–Crippen MR) is 91.3 cm³/mol. The van der Waals surface area contributed by atoms with Gasteiger partial charge in [-0.2, -0.15) is 0 Å². The van der Waals surface area contributed by atoms with Crippen LogP contribution in [0.3, 0.4) is 0 Å². The highest BCUT2D eigenvalue weighted by molar-refractivity contribution is 14.1. The Bertz CT molecular complexity index is 437. The van der Waals surface area contributed by atoms with E-state index < -0.39 is 0 Å². The molecular weight excluding hydrogens is 375 g/mol. The van der Waals surface area contributed by atoms with Crippen molar-refractivity contribution in [3.63, 3.8) is 0 Å². The topological polar surface area (TPSA) is 37.3 Å². The zero-order chi connectivity index (χ0) is 14.6. The number of rotatable bonds is 1. The summed E-state index contributed by atoms with van der Waals surface area (Å²) in [6, 6.07) is 0. The molecule has 4 saturated carbocycles. The zero-order valence-corrected chi connectivity index (χ0v) is 14.9. The number of ketones is 1. The van der Waals surface area contributed by atoms with Crippen LogP contribution in [0, 0.1) is 35.0 Å². The molecule has 0 saturated heterocycles. The van der Waals surface area contributed by atoms with Gasteiger partial charge < -0.3 is 5.11 Å². The summed E-state index contributed by atoms with van der Waals surface area (Å²) in [5, 5.41) is 10.6. The second-order valence-electron chi connectivity index (χ2n) is 8.22. The van der Waals surface area contributed by atoms with Crippen LogP contribution >= 0.6 is 22.6 Å². The lowest BCUT2D eigenvalue weighted by Crippen LogP contribution is -2.51. The van der Waals surface area contributed by atoms with E-state index in [1.807, 2.05) is 0 Å². The molecule has 4 fully saturated rings. The fourth-order valence-corrected chi connectivity index (χ4v) is 8.15. The predicted octanol–water partition coefficient (Wildman–Crippen LogP) is 3.98. The first-order valence-corrected chi connectivity index (χ1v) is 10.4. The Hall–Kier alpha value is 0.360. The van der Waals surface area contributed by atoms with Crippen LogP contribution in [0.2, 0.25) is 0 Å². The van der Waals surface area contributed by atoms with Crippen LogP contribution in [0.25, 0.3) is 0 Å². The molecule has 0 radical (unpaired) electrons. The summed E-state index contributed by atoms with van der Waals surface area (Å²) in [5.74, 6) is 4.52. The van der Waals surface area contributed by atoms with E-state index in [1.165, 1.54) is 32.1 Å². The average molecular weight is 402 g/mol. The highest BCUT2D eigenvalue weighted by atomic mass is 127. The lowest BCUT2D eigenvalue weighted by Gasteiger charge is -2.55. The molecule has 4 aliphatic rings. The van der Waals surface area contributed by atoms with Crippen molar-refractivity contribution in [2.75, 3.05) is 4.43 Å². The van der Waals surface area contributed by atoms with E-state index in [-0.39, 0.29) is 11.5 Å². The Kier molecular flexibility index (Phi) is 3.88. The maximum absolute atomic E-state index is 11.8. The number of aliphatic hydroxyl groups excluding tert-OH is 1. The standard InChI is InChI=1S/C18H27IO2/c19-10-18-8-7-14-13-4-2-12(20)9-11(13)1-3-15(14)16(18)5-6-17(18)21/h11,13-17,21H,1-10H2/t11-,13?,14?,15?,16?,17-,18+/m0/s1. The Morgan fingerprint density at radius 1 is 1.05 bits per heavy atom. The second-order valence-corrected chi connectivity index (χ2v) is 8.98. The highest BCUT2D eigenvalue weighted by Crippen LogP contribution is 2.62. The van der Waals surface area contributed by atoms with Crippen LogP contribution in [0.5, 0.6) is 0 Å². The first kappa shape index (κ1) is 14.9. The molecular formula is C18H27IO2. The number of fused-ring (bicyclic) bond motifs is 5. The first-order valence-electron chi connectivity index (χ1n) is 8.91. The molecule has 0 aromatic heterocycles. The minimum absolute atomic E-state index is 0.0500. The number of carbonyl (C=O) groups is 1. The molecule has 0 aromatic carbocycles. The van der Waals surface area contributed by atoms with Crippen molar-refractivity contribution < 1.29 is 9.90 Å². The third kappa shape index (κ3) is 2.16. The summed E-state index contributed by atoms with van der Waals surface area (Å²) in [6.45, 7) is 0. The monoisotopic (exact) mass is 402 g/mol. The van der Waals surface area contributed by atoms with Crippen molar-refractivity contribution in [2.24, 2.45) is 35.0 Å². The van der Waals surface area contributed by atoms with Crippen LogP contribution in [0.15, 0.2) is 0 Å². The number of alkyl halides is 1. The Morgan fingerprint density at radius 3 is 2.71 bits per heavy atom. The van der Waals surface area contributed by atoms with E-state index in [2.05, 4.69) is 22.6 Å². The zero-order valence-electron chi connectivity index (χ0n) is 12.8. The van der Waals surface area contributed by atoms with Gasteiger partial charge in [0.05, 0.1) is 6.10 Å². The van der Waals surface area contributed by atoms with Crippen LogP contribution in [-0.2, 0) is 4.79 Å². The Morgan fingerprint density at radius 2 is 1.90 bits per heavy atom. The second kappa shape index (κ2) is 5.47.